The van der Waals surface area contributed by atoms with E-state index in [1.165, 1.54) is 31.4 Å². The Morgan fingerprint density at radius 2 is 2.14 bits per heavy atom. The van der Waals surface area contributed by atoms with Gasteiger partial charge in [0, 0.05) is 24.7 Å². The van der Waals surface area contributed by atoms with Gasteiger partial charge in [-0.05, 0) is 44.5 Å². The van der Waals surface area contributed by atoms with Crippen LogP contribution in [0.25, 0.3) is 0 Å². The molecule has 0 aliphatic carbocycles. The van der Waals surface area contributed by atoms with Crippen molar-refractivity contribution in [2.24, 2.45) is 0 Å². The molecule has 0 saturated carbocycles. The molecule has 2 heterocycles. The number of benzene rings is 1. The maximum absolute atomic E-state index is 11.5. The minimum atomic E-state index is -0.705. The number of likely N-dealkylation sites (tertiary alicyclic amines) is 1. The molecule has 1 fully saturated rings. The molecule has 0 aromatic heterocycles. The van der Waals surface area contributed by atoms with Gasteiger partial charge in [-0.2, -0.15) is 0 Å². The molecule has 0 radical (unpaired) electrons. The first-order valence-electron chi connectivity index (χ1n) is 7.94. The second-order valence-electron chi connectivity index (χ2n) is 6.30. The molecule has 0 bridgehead atoms. The summed E-state index contributed by atoms with van der Waals surface area (Å²) in [5.41, 5.74) is 2.28. The first kappa shape index (κ1) is 14.4. The number of carboxylic acids is 1. The highest BCUT2D eigenvalue weighted by molar-refractivity contribution is 5.82. The number of carbonyl (C=O) groups is 1. The van der Waals surface area contributed by atoms with Gasteiger partial charge in [-0.15, -0.1) is 0 Å². The molecule has 1 N–H and O–H groups in total. The third-order valence-corrected chi connectivity index (χ3v) is 5.00. The Bertz CT molecular complexity index is 517. The minimum absolute atomic E-state index is 0.392. The number of rotatable bonds is 4. The molecule has 2 aliphatic heterocycles. The predicted molar refractivity (Wildman–Crippen MR) is 83.8 cm³/mol. The Hall–Kier alpha value is -1.55. The van der Waals surface area contributed by atoms with Crippen LogP contribution in [0, 0.1) is 0 Å². The second kappa shape index (κ2) is 6.06. The zero-order valence-electron chi connectivity index (χ0n) is 12.7. The quantitative estimate of drug-likeness (QED) is 0.924. The first-order valence-corrected chi connectivity index (χ1v) is 7.94. The smallest absolute Gasteiger partial charge is 0.326 e. The van der Waals surface area contributed by atoms with Crippen LogP contribution in [0.4, 0.5) is 5.69 Å². The molecule has 4 nitrogen and oxygen atoms in total. The van der Waals surface area contributed by atoms with Gasteiger partial charge >= 0.3 is 5.97 Å². The molecule has 1 aromatic rings. The predicted octanol–water partition coefficient (Wildman–Crippen LogP) is 2.38. The van der Waals surface area contributed by atoms with E-state index in [0.29, 0.717) is 12.5 Å². The van der Waals surface area contributed by atoms with Crippen molar-refractivity contribution in [3.8, 4) is 0 Å². The number of fused-ring (bicyclic) bond motifs is 1. The van der Waals surface area contributed by atoms with Crippen molar-refractivity contribution >= 4 is 11.7 Å². The van der Waals surface area contributed by atoms with Crippen LogP contribution in [0.15, 0.2) is 24.3 Å². The van der Waals surface area contributed by atoms with E-state index in [2.05, 4.69) is 29.0 Å². The van der Waals surface area contributed by atoms with E-state index in [1.807, 2.05) is 12.1 Å². The Kier molecular flexibility index (Phi) is 4.15. The lowest BCUT2D eigenvalue weighted by molar-refractivity contribution is -0.138. The lowest BCUT2D eigenvalue weighted by Crippen LogP contribution is -2.43. The summed E-state index contributed by atoms with van der Waals surface area (Å²) < 4.78 is 0. The highest BCUT2D eigenvalue weighted by atomic mass is 16.4. The van der Waals surface area contributed by atoms with Gasteiger partial charge < -0.3 is 14.9 Å². The Morgan fingerprint density at radius 3 is 2.90 bits per heavy atom. The number of carboxylic acid groups (broad SMARTS) is 1. The van der Waals surface area contributed by atoms with E-state index < -0.39 is 12.0 Å². The number of piperidine rings is 1. The summed E-state index contributed by atoms with van der Waals surface area (Å²) in [7, 11) is 2.19. The van der Waals surface area contributed by atoms with Crippen LogP contribution in [-0.2, 0) is 11.2 Å². The van der Waals surface area contributed by atoms with E-state index in [1.54, 1.807) is 0 Å². The van der Waals surface area contributed by atoms with Crippen molar-refractivity contribution in [2.75, 3.05) is 25.0 Å². The fourth-order valence-corrected chi connectivity index (χ4v) is 3.74. The molecule has 2 atom stereocenters. The Labute approximate surface area is 126 Å². The van der Waals surface area contributed by atoms with Crippen LogP contribution in [0.3, 0.4) is 0 Å². The highest BCUT2D eigenvalue weighted by Gasteiger charge is 2.34. The van der Waals surface area contributed by atoms with Gasteiger partial charge in [-0.25, -0.2) is 4.79 Å². The van der Waals surface area contributed by atoms with Crippen molar-refractivity contribution < 1.29 is 9.90 Å². The summed E-state index contributed by atoms with van der Waals surface area (Å²) >= 11 is 0. The number of hydrogen-bond donors (Lipinski definition) is 1. The number of aliphatic carboxylic acids is 1. The molecule has 1 aromatic carbocycles. The zero-order valence-corrected chi connectivity index (χ0v) is 12.7. The highest BCUT2D eigenvalue weighted by Crippen LogP contribution is 2.32. The normalized spacial score (nSPS) is 25.9. The average Bonchev–Trinajstić information content (AvgIpc) is 2.85. The van der Waals surface area contributed by atoms with Crippen LogP contribution < -0.4 is 4.90 Å². The molecule has 2 unspecified atom stereocenters. The fraction of sp³-hybridized carbons (Fsp3) is 0.588. The van der Waals surface area contributed by atoms with Gasteiger partial charge in [-0.3, -0.25) is 0 Å². The van der Waals surface area contributed by atoms with Gasteiger partial charge in [0.25, 0.3) is 0 Å². The molecule has 114 valence electrons. The molecular formula is C17H24N2O2. The van der Waals surface area contributed by atoms with Crippen LogP contribution in [-0.4, -0.2) is 48.2 Å². The van der Waals surface area contributed by atoms with Crippen molar-refractivity contribution in [1.29, 1.82) is 0 Å². The van der Waals surface area contributed by atoms with Gasteiger partial charge in [0.2, 0.25) is 0 Å². The van der Waals surface area contributed by atoms with E-state index >= 15 is 0 Å². The largest absolute Gasteiger partial charge is 0.480 e. The van der Waals surface area contributed by atoms with Crippen LogP contribution >= 0.6 is 0 Å². The zero-order chi connectivity index (χ0) is 14.8. The monoisotopic (exact) mass is 288 g/mol. The Balaban J connectivity index is 1.71. The summed E-state index contributed by atoms with van der Waals surface area (Å²) in [6.07, 6.45) is 5.51. The first-order chi connectivity index (χ1) is 10.2. The van der Waals surface area contributed by atoms with Crippen molar-refractivity contribution in [2.45, 2.75) is 44.2 Å². The van der Waals surface area contributed by atoms with E-state index in [0.717, 1.165) is 18.7 Å². The summed E-state index contributed by atoms with van der Waals surface area (Å²) in [5, 5.41) is 9.49. The van der Waals surface area contributed by atoms with Gasteiger partial charge in [0.1, 0.15) is 6.04 Å². The molecule has 21 heavy (non-hydrogen) atoms. The molecule has 2 aliphatic rings. The summed E-state index contributed by atoms with van der Waals surface area (Å²) in [6.45, 7) is 2.01. The summed E-state index contributed by atoms with van der Waals surface area (Å²) in [4.78, 5) is 16.1. The van der Waals surface area contributed by atoms with E-state index in [-0.39, 0.29) is 0 Å². The van der Waals surface area contributed by atoms with Gasteiger partial charge in [0.15, 0.2) is 0 Å². The number of nitrogens with zero attached hydrogens (tertiary/aromatic N) is 2. The maximum Gasteiger partial charge on any atom is 0.326 e. The summed E-state index contributed by atoms with van der Waals surface area (Å²) in [5.74, 6) is -0.705. The fourth-order valence-electron chi connectivity index (χ4n) is 3.74. The lowest BCUT2D eigenvalue weighted by atomic mass is 10.00. The third kappa shape index (κ3) is 2.91. The van der Waals surface area contributed by atoms with Gasteiger partial charge in [-0.1, -0.05) is 24.6 Å². The number of anilines is 1. The number of hydrogen-bond acceptors (Lipinski definition) is 3. The number of para-hydroxylation sites is 1. The Morgan fingerprint density at radius 1 is 1.33 bits per heavy atom. The standard InChI is InChI=1S/C17H24N2O2/c1-18-10-5-4-7-14(18)9-11-19-15-8-3-2-6-13(15)12-16(19)17(20)21/h2-3,6,8,14,16H,4-5,7,9-12H2,1H3,(H,20,21). The average molecular weight is 288 g/mol. The molecule has 4 heteroatoms. The van der Waals surface area contributed by atoms with Crippen molar-refractivity contribution in [3.05, 3.63) is 29.8 Å². The van der Waals surface area contributed by atoms with Crippen molar-refractivity contribution in [3.63, 3.8) is 0 Å². The van der Waals surface area contributed by atoms with Crippen molar-refractivity contribution in [1.82, 2.24) is 4.90 Å². The molecule has 0 amide bonds. The molecule has 3 rings (SSSR count). The van der Waals surface area contributed by atoms with Gasteiger partial charge in [0.05, 0.1) is 0 Å². The second-order valence-corrected chi connectivity index (χ2v) is 6.30. The van der Waals surface area contributed by atoms with Crippen LogP contribution in [0.1, 0.15) is 31.2 Å². The van der Waals surface area contributed by atoms with Crippen LogP contribution in [0.2, 0.25) is 0 Å². The molecule has 0 spiro atoms. The van der Waals surface area contributed by atoms with E-state index in [4.69, 9.17) is 0 Å². The molecular weight excluding hydrogens is 264 g/mol. The SMILES string of the molecule is CN1CCCCC1CCN1c2ccccc2CC1C(=O)O. The topological polar surface area (TPSA) is 43.8 Å². The third-order valence-electron chi connectivity index (χ3n) is 5.00. The summed E-state index contributed by atoms with van der Waals surface area (Å²) in [6, 6.07) is 8.32. The lowest BCUT2D eigenvalue weighted by Gasteiger charge is -2.34. The maximum atomic E-state index is 11.5. The van der Waals surface area contributed by atoms with Crippen LogP contribution in [0.5, 0.6) is 0 Å². The molecule has 1 saturated heterocycles. The minimum Gasteiger partial charge on any atom is -0.480 e. The van der Waals surface area contributed by atoms with E-state index in [9.17, 15) is 9.90 Å².